The van der Waals surface area contributed by atoms with Crippen LogP contribution >= 0.6 is 0 Å². The van der Waals surface area contributed by atoms with Gasteiger partial charge in [0.25, 0.3) is 0 Å². The van der Waals surface area contributed by atoms with Crippen molar-refractivity contribution >= 4 is 0 Å². The van der Waals surface area contributed by atoms with Crippen LogP contribution in [0.15, 0.2) is 24.3 Å². The lowest BCUT2D eigenvalue weighted by Crippen LogP contribution is -2.42. The van der Waals surface area contributed by atoms with Gasteiger partial charge in [0.15, 0.2) is 0 Å². The van der Waals surface area contributed by atoms with Crippen molar-refractivity contribution in [2.75, 3.05) is 0 Å². The second kappa shape index (κ2) is 4.64. The molecule has 0 amide bonds. The van der Waals surface area contributed by atoms with Crippen LogP contribution in [-0.2, 0) is 0 Å². The first-order valence-electron chi connectivity index (χ1n) is 6.32. The molecule has 1 heterocycles. The van der Waals surface area contributed by atoms with E-state index in [0.29, 0.717) is 5.82 Å². The van der Waals surface area contributed by atoms with E-state index in [0.717, 1.165) is 11.3 Å². The summed E-state index contributed by atoms with van der Waals surface area (Å²) < 4.78 is 6.07. The molecule has 0 radical (unpaired) electrons. The van der Waals surface area contributed by atoms with Gasteiger partial charge in [0, 0.05) is 11.0 Å². The zero-order valence-corrected chi connectivity index (χ0v) is 12.1. The van der Waals surface area contributed by atoms with E-state index in [9.17, 15) is 0 Å². The van der Waals surface area contributed by atoms with E-state index in [2.05, 4.69) is 55.2 Å². The van der Waals surface area contributed by atoms with Gasteiger partial charge in [-0.3, -0.25) is 0 Å². The van der Waals surface area contributed by atoms with E-state index in [4.69, 9.17) is 4.74 Å². The van der Waals surface area contributed by atoms with Gasteiger partial charge in [0.2, 0.25) is 5.82 Å². The minimum Gasteiger partial charge on any atom is -0.487 e. The lowest BCUT2D eigenvalue weighted by atomic mass is 9.79. The Morgan fingerprint density at radius 2 is 1.63 bits per heavy atom. The maximum atomic E-state index is 6.07. The third-order valence-electron chi connectivity index (χ3n) is 3.64. The van der Waals surface area contributed by atoms with Gasteiger partial charge in [-0.2, -0.15) is 5.21 Å². The van der Waals surface area contributed by atoms with Gasteiger partial charge in [0.05, 0.1) is 0 Å². The maximum Gasteiger partial charge on any atom is 0.204 e. The number of tetrazole rings is 1. The molecule has 0 aliphatic heterocycles. The molecule has 1 N–H and O–H groups in total. The zero-order valence-electron chi connectivity index (χ0n) is 12.1. The summed E-state index contributed by atoms with van der Waals surface area (Å²) >= 11 is 0. The van der Waals surface area contributed by atoms with E-state index >= 15 is 0 Å². The highest BCUT2D eigenvalue weighted by atomic mass is 16.5. The first-order valence-corrected chi connectivity index (χ1v) is 6.32. The molecule has 0 saturated heterocycles. The number of hydrogen-bond acceptors (Lipinski definition) is 4. The topological polar surface area (TPSA) is 63.7 Å². The van der Waals surface area contributed by atoms with E-state index in [1.807, 2.05) is 24.3 Å². The summed E-state index contributed by atoms with van der Waals surface area (Å²) in [6, 6.07) is 7.72. The number of benzene rings is 1. The van der Waals surface area contributed by atoms with Crippen LogP contribution in [0.4, 0.5) is 0 Å². The summed E-state index contributed by atoms with van der Waals surface area (Å²) in [5.74, 6) is 1.42. The number of rotatable bonds is 3. The molecule has 5 nitrogen and oxygen atoms in total. The average Bonchev–Trinajstić information content (AvgIpc) is 2.81. The smallest absolute Gasteiger partial charge is 0.204 e. The summed E-state index contributed by atoms with van der Waals surface area (Å²) in [7, 11) is 0. The molecule has 0 atom stereocenters. The fourth-order valence-electron chi connectivity index (χ4n) is 1.40. The predicted molar refractivity (Wildman–Crippen MR) is 73.8 cm³/mol. The fourth-order valence-corrected chi connectivity index (χ4v) is 1.40. The first kappa shape index (κ1) is 13.5. The van der Waals surface area contributed by atoms with Gasteiger partial charge >= 0.3 is 0 Å². The first-order chi connectivity index (χ1) is 8.79. The molecule has 1 aromatic carbocycles. The van der Waals surface area contributed by atoms with Crippen LogP contribution in [0.5, 0.6) is 5.75 Å². The normalized spacial score (nSPS) is 12.5. The SMILES string of the molecule is CC(C)(C)C(C)(C)Oc1ccc(-c2nn[nH]n2)cc1. The molecule has 2 rings (SSSR count). The van der Waals surface area contributed by atoms with Crippen molar-refractivity contribution in [3.05, 3.63) is 24.3 Å². The largest absolute Gasteiger partial charge is 0.487 e. The number of aromatic nitrogens is 4. The lowest BCUT2D eigenvalue weighted by molar-refractivity contribution is 0.000821. The highest BCUT2D eigenvalue weighted by Gasteiger charge is 2.34. The second-order valence-electron chi connectivity index (χ2n) is 6.12. The number of nitrogens with one attached hydrogen (secondary N) is 1. The van der Waals surface area contributed by atoms with Crippen LogP contribution in [0.25, 0.3) is 11.4 Å². The van der Waals surface area contributed by atoms with Gasteiger partial charge in [-0.25, -0.2) is 0 Å². The van der Waals surface area contributed by atoms with Crippen LogP contribution in [0, 0.1) is 5.41 Å². The molecule has 19 heavy (non-hydrogen) atoms. The molecule has 0 saturated carbocycles. The highest BCUT2D eigenvalue weighted by molar-refractivity contribution is 5.55. The average molecular weight is 260 g/mol. The summed E-state index contributed by atoms with van der Waals surface area (Å²) in [6.45, 7) is 10.7. The van der Waals surface area contributed by atoms with Gasteiger partial charge < -0.3 is 4.74 Å². The van der Waals surface area contributed by atoms with Crippen molar-refractivity contribution in [3.8, 4) is 17.1 Å². The summed E-state index contributed by atoms with van der Waals surface area (Å²) in [4.78, 5) is 0. The molecule has 2 aromatic rings. The van der Waals surface area contributed by atoms with Crippen LogP contribution in [0.2, 0.25) is 0 Å². The van der Waals surface area contributed by atoms with Crippen molar-refractivity contribution < 1.29 is 4.74 Å². The number of nitrogens with zero attached hydrogens (tertiary/aromatic N) is 3. The van der Waals surface area contributed by atoms with Crippen LogP contribution in [-0.4, -0.2) is 26.2 Å². The van der Waals surface area contributed by atoms with Crippen molar-refractivity contribution in [2.45, 2.75) is 40.2 Å². The maximum absolute atomic E-state index is 6.07. The molecule has 102 valence electrons. The summed E-state index contributed by atoms with van der Waals surface area (Å²) in [6.07, 6.45) is 0. The van der Waals surface area contributed by atoms with E-state index in [1.165, 1.54) is 0 Å². The molecular formula is C14H20N4O. The number of hydrogen-bond donors (Lipinski definition) is 1. The predicted octanol–water partition coefficient (Wildman–Crippen LogP) is 3.07. The van der Waals surface area contributed by atoms with Crippen molar-refractivity contribution in [2.24, 2.45) is 5.41 Å². The zero-order chi connectivity index (χ0) is 14.1. The fraction of sp³-hybridized carbons (Fsp3) is 0.500. The number of aromatic amines is 1. The van der Waals surface area contributed by atoms with Gasteiger partial charge in [0.1, 0.15) is 11.4 Å². The van der Waals surface area contributed by atoms with Crippen LogP contribution in [0.3, 0.4) is 0 Å². The van der Waals surface area contributed by atoms with Crippen molar-refractivity contribution in [3.63, 3.8) is 0 Å². The summed E-state index contributed by atoms with van der Waals surface area (Å²) in [5, 5.41) is 13.9. The Bertz CT molecular complexity index is 524. The van der Waals surface area contributed by atoms with Crippen LogP contribution < -0.4 is 4.74 Å². The van der Waals surface area contributed by atoms with Gasteiger partial charge in [-0.15, -0.1) is 10.2 Å². The van der Waals surface area contributed by atoms with Crippen molar-refractivity contribution in [1.82, 2.24) is 20.6 Å². The van der Waals surface area contributed by atoms with Crippen LogP contribution in [0.1, 0.15) is 34.6 Å². The molecule has 0 unspecified atom stereocenters. The Hall–Kier alpha value is -1.91. The minimum atomic E-state index is -0.249. The minimum absolute atomic E-state index is 0.0549. The molecule has 0 aliphatic rings. The molecule has 5 heteroatoms. The Morgan fingerprint density at radius 3 is 2.11 bits per heavy atom. The number of ether oxygens (including phenoxy) is 1. The van der Waals surface area contributed by atoms with E-state index in [1.54, 1.807) is 0 Å². The third kappa shape index (κ3) is 2.92. The Labute approximate surface area is 113 Å². The van der Waals surface area contributed by atoms with Gasteiger partial charge in [-0.1, -0.05) is 20.8 Å². The Kier molecular flexibility index (Phi) is 3.30. The number of H-pyrrole nitrogens is 1. The lowest BCUT2D eigenvalue weighted by Gasteiger charge is -2.39. The molecule has 0 aliphatic carbocycles. The summed E-state index contributed by atoms with van der Waals surface area (Å²) in [5.41, 5.74) is 0.717. The molecule has 0 fully saturated rings. The third-order valence-corrected chi connectivity index (χ3v) is 3.64. The monoisotopic (exact) mass is 260 g/mol. The molecule has 0 spiro atoms. The Balaban J connectivity index is 2.16. The van der Waals surface area contributed by atoms with E-state index in [-0.39, 0.29) is 11.0 Å². The molecular weight excluding hydrogens is 240 g/mol. The van der Waals surface area contributed by atoms with E-state index < -0.39 is 0 Å². The standard InChI is InChI=1S/C14H20N4O/c1-13(2,3)14(4,5)19-11-8-6-10(7-9-11)12-15-17-18-16-12/h6-9H,1-5H3,(H,15,16,17,18). The quantitative estimate of drug-likeness (QED) is 0.921. The molecule has 0 bridgehead atoms. The van der Waals surface area contributed by atoms with Gasteiger partial charge in [-0.05, 0) is 43.3 Å². The second-order valence-corrected chi connectivity index (χ2v) is 6.12. The van der Waals surface area contributed by atoms with Crippen molar-refractivity contribution in [1.29, 1.82) is 0 Å². The Morgan fingerprint density at radius 1 is 1.00 bits per heavy atom. The molecule has 1 aromatic heterocycles. The highest BCUT2D eigenvalue weighted by Crippen LogP contribution is 2.34.